The van der Waals surface area contributed by atoms with Crippen molar-refractivity contribution in [1.29, 1.82) is 0 Å². The summed E-state index contributed by atoms with van der Waals surface area (Å²) in [6, 6.07) is 0. The summed E-state index contributed by atoms with van der Waals surface area (Å²) in [5.74, 6) is 0. The molecule has 0 N–H and O–H groups in total. The molecule has 0 nitrogen and oxygen atoms in total. The molecule has 0 spiro atoms. The molecule has 0 heteroatoms. The molecule has 0 unspecified atom stereocenters. The topological polar surface area (TPSA) is 0 Å². The average Bonchev–Trinajstić information content (AvgIpc) is 1.81. The van der Waals surface area contributed by atoms with E-state index >= 15 is 0 Å². The van der Waals surface area contributed by atoms with Gasteiger partial charge >= 0.3 is 0 Å². The molecule has 0 aliphatic carbocycles. The third-order valence-corrected chi connectivity index (χ3v) is 1.96. The molecule has 0 radical (unpaired) electrons. The fraction of sp³-hybridized carbons (Fsp3) is 0.846. The lowest BCUT2D eigenvalue weighted by Gasteiger charge is -2.17. The Bertz CT molecular complexity index is 150. The Labute approximate surface area is 84.4 Å². The van der Waals surface area contributed by atoms with Crippen LogP contribution in [0.2, 0.25) is 0 Å². The molecule has 0 aliphatic rings. The van der Waals surface area contributed by atoms with Gasteiger partial charge in [-0.25, -0.2) is 0 Å². The van der Waals surface area contributed by atoms with Crippen LogP contribution in [0.3, 0.4) is 0 Å². The van der Waals surface area contributed by atoms with E-state index in [-0.39, 0.29) is 0 Å². The predicted octanol–water partition coefficient (Wildman–Crippen LogP) is 4.81. The molecular weight excluding hydrogens is 156 g/mol. The summed E-state index contributed by atoms with van der Waals surface area (Å²) < 4.78 is 0. The minimum Gasteiger partial charge on any atom is -0.0885 e. The first-order chi connectivity index (χ1) is 5.71. The van der Waals surface area contributed by atoms with Gasteiger partial charge in [-0.1, -0.05) is 53.7 Å². The molecule has 0 rings (SSSR count). The molecule has 0 saturated carbocycles. The average molecular weight is 182 g/mol. The molecule has 0 aliphatic heterocycles. The fourth-order valence-electron chi connectivity index (χ4n) is 1.07. The Kier molecular flexibility index (Phi) is 4.74. The van der Waals surface area contributed by atoms with Gasteiger partial charge in [0.25, 0.3) is 0 Å². The highest BCUT2D eigenvalue weighted by Crippen LogP contribution is 2.22. The molecule has 0 fully saturated rings. The third kappa shape index (κ3) is 11.7. The lowest BCUT2D eigenvalue weighted by atomic mass is 9.89. The van der Waals surface area contributed by atoms with Gasteiger partial charge in [0, 0.05) is 0 Å². The Morgan fingerprint density at radius 2 is 1.31 bits per heavy atom. The van der Waals surface area contributed by atoms with E-state index in [0.717, 1.165) is 0 Å². The second-order valence-corrected chi connectivity index (χ2v) is 6.34. The number of allylic oxidation sites excluding steroid dienone is 2. The zero-order valence-electron chi connectivity index (χ0n) is 10.3. The first kappa shape index (κ1) is 12.7. The standard InChI is InChI=1S/C13H26/c1-12(2,3)10-8-7-9-11-13(4,5)6/h7-8H,9-11H2,1-6H3/b8-7+. The van der Waals surface area contributed by atoms with E-state index in [1.54, 1.807) is 0 Å². The van der Waals surface area contributed by atoms with Crippen LogP contribution >= 0.6 is 0 Å². The fourth-order valence-corrected chi connectivity index (χ4v) is 1.07. The van der Waals surface area contributed by atoms with Crippen LogP contribution in [-0.4, -0.2) is 0 Å². The van der Waals surface area contributed by atoms with Crippen molar-refractivity contribution in [3.63, 3.8) is 0 Å². The monoisotopic (exact) mass is 182 g/mol. The minimum absolute atomic E-state index is 0.443. The van der Waals surface area contributed by atoms with E-state index in [2.05, 4.69) is 53.7 Å². The van der Waals surface area contributed by atoms with Gasteiger partial charge in [-0.15, -0.1) is 0 Å². The molecule has 0 amide bonds. The van der Waals surface area contributed by atoms with Gasteiger partial charge in [-0.2, -0.15) is 0 Å². The maximum absolute atomic E-state index is 2.33. The summed E-state index contributed by atoms with van der Waals surface area (Å²) in [5, 5.41) is 0. The van der Waals surface area contributed by atoms with E-state index in [4.69, 9.17) is 0 Å². The van der Waals surface area contributed by atoms with Crippen LogP contribution in [0.15, 0.2) is 12.2 Å². The van der Waals surface area contributed by atoms with Crippen molar-refractivity contribution < 1.29 is 0 Å². The lowest BCUT2D eigenvalue weighted by molar-refractivity contribution is 0.380. The Morgan fingerprint density at radius 3 is 1.69 bits per heavy atom. The summed E-state index contributed by atoms with van der Waals surface area (Å²) >= 11 is 0. The van der Waals surface area contributed by atoms with Crippen LogP contribution < -0.4 is 0 Å². The van der Waals surface area contributed by atoms with Crippen molar-refractivity contribution in [1.82, 2.24) is 0 Å². The minimum atomic E-state index is 0.443. The van der Waals surface area contributed by atoms with Gasteiger partial charge in [-0.05, 0) is 30.1 Å². The Morgan fingerprint density at radius 1 is 0.769 bits per heavy atom. The molecule has 13 heavy (non-hydrogen) atoms. The molecule has 0 atom stereocenters. The molecular formula is C13H26. The van der Waals surface area contributed by atoms with Crippen LogP contribution in [0, 0.1) is 10.8 Å². The first-order valence-electron chi connectivity index (χ1n) is 5.36. The summed E-state index contributed by atoms with van der Waals surface area (Å²) in [6.45, 7) is 13.7. The van der Waals surface area contributed by atoms with Crippen LogP contribution in [0.5, 0.6) is 0 Å². The molecule has 78 valence electrons. The smallest absolute Gasteiger partial charge is 0.0302 e. The van der Waals surface area contributed by atoms with Gasteiger partial charge in [0.2, 0.25) is 0 Å². The van der Waals surface area contributed by atoms with Gasteiger partial charge < -0.3 is 0 Å². The summed E-state index contributed by atoms with van der Waals surface area (Å²) in [5.41, 5.74) is 0.921. The Hall–Kier alpha value is -0.260. The molecule has 0 heterocycles. The SMILES string of the molecule is CC(C)(C)C/C=C/CCC(C)(C)C. The van der Waals surface area contributed by atoms with Crippen LogP contribution in [0.4, 0.5) is 0 Å². The van der Waals surface area contributed by atoms with Gasteiger partial charge in [-0.3, -0.25) is 0 Å². The molecule has 0 aromatic carbocycles. The van der Waals surface area contributed by atoms with Crippen LogP contribution in [0.1, 0.15) is 60.8 Å². The van der Waals surface area contributed by atoms with Crippen LogP contribution in [-0.2, 0) is 0 Å². The van der Waals surface area contributed by atoms with E-state index in [1.165, 1.54) is 19.3 Å². The summed E-state index contributed by atoms with van der Waals surface area (Å²) in [4.78, 5) is 0. The van der Waals surface area contributed by atoms with E-state index in [9.17, 15) is 0 Å². The molecule has 0 saturated heterocycles. The van der Waals surface area contributed by atoms with Crippen molar-refractivity contribution in [2.45, 2.75) is 60.8 Å². The van der Waals surface area contributed by atoms with Crippen molar-refractivity contribution >= 4 is 0 Å². The molecule has 0 bridgehead atoms. The number of hydrogen-bond acceptors (Lipinski definition) is 0. The lowest BCUT2D eigenvalue weighted by Crippen LogP contribution is -2.03. The summed E-state index contributed by atoms with van der Waals surface area (Å²) in [7, 11) is 0. The van der Waals surface area contributed by atoms with E-state index in [0.29, 0.717) is 10.8 Å². The predicted molar refractivity (Wildman–Crippen MR) is 61.9 cm³/mol. The normalized spacial score (nSPS) is 14.0. The van der Waals surface area contributed by atoms with Crippen molar-refractivity contribution in [2.24, 2.45) is 10.8 Å². The van der Waals surface area contributed by atoms with Crippen molar-refractivity contribution in [2.75, 3.05) is 0 Å². The zero-order chi connectivity index (χ0) is 10.5. The van der Waals surface area contributed by atoms with Gasteiger partial charge in [0.05, 0.1) is 0 Å². The third-order valence-electron chi connectivity index (χ3n) is 1.96. The number of hydrogen-bond donors (Lipinski definition) is 0. The second kappa shape index (κ2) is 4.83. The van der Waals surface area contributed by atoms with Crippen molar-refractivity contribution in [3.8, 4) is 0 Å². The Balaban J connectivity index is 3.55. The van der Waals surface area contributed by atoms with E-state index in [1.807, 2.05) is 0 Å². The van der Waals surface area contributed by atoms with Crippen molar-refractivity contribution in [3.05, 3.63) is 12.2 Å². The van der Waals surface area contributed by atoms with Gasteiger partial charge in [0.15, 0.2) is 0 Å². The van der Waals surface area contributed by atoms with Crippen LogP contribution in [0.25, 0.3) is 0 Å². The maximum atomic E-state index is 2.33. The molecule has 0 aromatic heterocycles. The van der Waals surface area contributed by atoms with E-state index < -0.39 is 0 Å². The number of rotatable bonds is 3. The first-order valence-corrected chi connectivity index (χ1v) is 5.36. The largest absolute Gasteiger partial charge is 0.0885 e. The second-order valence-electron chi connectivity index (χ2n) is 6.34. The highest BCUT2D eigenvalue weighted by molar-refractivity contribution is 4.86. The zero-order valence-corrected chi connectivity index (χ0v) is 10.3. The molecule has 0 aromatic rings. The quantitative estimate of drug-likeness (QED) is 0.550. The highest BCUT2D eigenvalue weighted by Gasteiger charge is 2.08. The maximum Gasteiger partial charge on any atom is -0.0302 e. The van der Waals surface area contributed by atoms with Gasteiger partial charge in [0.1, 0.15) is 0 Å². The summed E-state index contributed by atoms with van der Waals surface area (Å²) in [6.07, 6.45) is 8.35. The highest BCUT2D eigenvalue weighted by atomic mass is 14.1.